The Morgan fingerprint density at radius 3 is 2.96 bits per heavy atom. The molecule has 0 bridgehead atoms. The summed E-state index contributed by atoms with van der Waals surface area (Å²) >= 11 is 0. The molecule has 1 fully saturated rings. The van der Waals surface area contributed by atoms with E-state index in [4.69, 9.17) is 4.74 Å². The Labute approximate surface area is 143 Å². The molecule has 128 valence electrons. The van der Waals surface area contributed by atoms with E-state index in [1.54, 1.807) is 6.20 Å². The number of pyridine rings is 2. The summed E-state index contributed by atoms with van der Waals surface area (Å²) in [6.07, 6.45) is 4.56. The number of amides is 1. The first kappa shape index (κ1) is 16.7. The van der Waals surface area contributed by atoms with Crippen molar-refractivity contribution >= 4 is 17.1 Å². The largest absolute Gasteiger partial charge is 0.444 e. The summed E-state index contributed by atoms with van der Waals surface area (Å²) in [5, 5.41) is 1.07. The number of aryl methyl sites for hydroxylation is 1. The smallest absolute Gasteiger partial charge is 0.410 e. The molecule has 5 heteroatoms. The highest BCUT2D eigenvalue weighted by Crippen LogP contribution is 2.23. The number of aromatic nitrogens is 2. The lowest BCUT2D eigenvalue weighted by Crippen LogP contribution is -2.35. The van der Waals surface area contributed by atoms with Crippen LogP contribution in [0.3, 0.4) is 0 Å². The monoisotopic (exact) mass is 327 g/mol. The summed E-state index contributed by atoms with van der Waals surface area (Å²) in [4.78, 5) is 22.9. The molecule has 3 rings (SSSR count). The first-order valence-corrected chi connectivity index (χ1v) is 8.59. The van der Waals surface area contributed by atoms with Crippen LogP contribution in [-0.2, 0) is 11.2 Å². The Morgan fingerprint density at radius 2 is 2.17 bits per heavy atom. The molecule has 0 saturated carbocycles. The lowest BCUT2D eigenvalue weighted by molar-refractivity contribution is 0.0287. The summed E-state index contributed by atoms with van der Waals surface area (Å²) in [5.74, 6) is 0.513. The zero-order valence-corrected chi connectivity index (χ0v) is 14.7. The van der Waals surface area contributed by atoms with E-state index in [0.29, 0.717) is 5.92 Å². The number of ether oxygens (including phenoxy) is 1. The summed E-state index contributed by atoms with van der Waals surface area (Å²) in [5.41, 5.74) is 1.44. The van der Waals surface area contributed by atoms with Gasteiger partial charge in [-0.2, -0.15) is 0 Å². The normalized spacial score (nSPS) is 18.1. The minimum absolute atomic E-state index is 0.196. The van der Waals surface area contributed by atoms with Crippen LogP contribution in [0.1, 0.15) is 39.3 Å². The molecule has 2 aromatic heterocycles. The van der Waals surface area contributed by atoms with Crippen LogP contribution in [0.25, 0.3) is 11.0 Å². The number of rotatable bonds is 3. The highest BCUT2D eigenvalue weighted by Gasteiger charge is 2.29. The molecule has 1 atom stereocenters. The molecule has 24 heavy (non-hydrogen) atoms. The summed E-state index contributed by atoms with van der Waals surface area (Å²) < 4.78 is 5.45. The van der Waals surface area contributed by atoms with Gasteiger partial charge < -0.3 is 9.64 Å². The second kappa shape index (κ2) is 6.75. The highest BCUT2D eigenvalue weighted by atomic mass is 16.6. The fraction of sp³-hybridized carbons (Fsp3) is 0.526. The standard InChI is InChI=1S/C19H25N3O2/c1-19(2,3)24-18(23)22-12-10-14(13-22)6-8-16-9-7-15-5-4-11-20-17(15)21-16/h4-5,7,9,11,14H,6,8,10,12-13H2,1-3H3. The van der Waals surface area contributed by atoms with E-state index in [1.807, 2.05) is 37.8 Å². The van der Waals surface area contributed by atoms with Gasteiger partial charge in [0.1, 0.15) is 5.60 Å². The molecule has 0 radical (unpaired) electrons. The molecule has 0 spiro atoms. The second-order valence-corrected chi connectivity index (χ2v) is 7.47. The van der Waals surface area contributed by atoms with Crippen molar-refractivity contribution in [1.82, 2.24) is 14.9 Å². The van der Waals surface area contributed by atoms with Gasteiger partial charge in [-0.1, -0.05) is 0 Å². The number of carbonyl (C=O) groups is 1. The van der Waals surface area contributed by atoms with Crippen molar-refractivity contribution < 1.29 is 9.53 Å². The van der Waals surface area contributed by atoms with E-state index in [9.17, 15) is 4.79 Å². The van der Waals surface area contributed by atoms with Crippen LogP contribution in [0, 0.1) is 5.92 Å². The van der Waals surface area contributed by atoms with Crippen molar-refractivity contribution in [2.45, 2.75) is 45.6 Å². The Balaban J connectivity index is 1.53. The van der Waals surface area contributed by atoms with Gasteiger partial charge in [0.05, 0.1) is 0 Å². The minimum Gasteiger partial charge on any atom is -0.444 e. The Kier molecular flexibility index (Phi) is 4.69. The van der Waals surface area contributed by atoms with Crippen LogP contribution in [0.15, 0.2) is 30.5 Å². The quantitative estimate of drug-likeness (QED) is 0.860. The molecule has 1 amide bonds. The van der Waals surface area contributed by atoms with Crippen molar-refractivity contribution in [2.75, 3.05) is 13.1 Å². The van der Waals surface area contributed by atoms with Crippen molar-refractivity contribution in [3.05, 3.63) is 36.2 Å². The van der Waals surface area contributed by atoms with Gasteiger partial charge in [0, 0.05) is 30.4 Å². The van der Waals surface area contributed by atoms with E-state index in [-0.39, 0.29) is 6.09 Å². The first-order valence-electron chi connectivity index (χ1n) is 8.59. The minimum atomic E-state index is -0.433. The van der Waals surface area contributed by atoms with Crippen LogP contribution in [0.2, 0.25) is 0 Å². The van der Waals surface area contributed by atoms with Crippen LogP contribution in [-0.4, -0.2) is 39.7 Å². The molecule has 5 nitrogen and oxygen atoms in total. The van der Waals surface area contributed by atoms with Crippen molar-refractivity contribution in [2.24, 2.45) is 5.92 Å². The van der Waals surface area contributed by atoms with Crippen LogP contribution in [0.4, 0.5) is 4.79 Å². The van der Waals surface area contributed by atoms with Gasteiger partial charge in [-0.15, -0.1) is 0 Å². The average Bonchev–Trinajstić information content (AvgIpc) is 3.00. The van der Waals surface area contributed by atoms with Gasteiger partial charge in [-0.3, -0.25) is 0 Å². The van der Waals surface area contributed by atoms with E-state index in [0.717, 1.165) is 49.1 Å². The van der Waals surface area contributed by atoms with Crippen LogP contribution < -0.4 is 0 Å². The number of fused-ring (bicyclic) bond motifs is 1. The molecule has 2 aromatic rings. The van der Waals surface area contributed by atoms with Crippen molar-refractivity contribution in [3.8, 4) is 0 Å². The molecule has 1 unspecified atom stereocenters. The van der Waals surface area contributed by atoms with Gasteiger partial charge in [0.25, 0.3) is 0 Å². The van der Waals surface area contributed by atoms with Gasteiger partial charge in [-0.25, -0.2) is 14.8 Å². The molecule has 1 aliphatic rings. The Morgan fingerprint density at radius 1 is 1.33 bits per heavy atom. The summed E-state index contributed by atoms with van der Waals surface area (Å²) in [6, 6.07) is 8.10. The van der Waals surface area contributed by atoms with E-state index in [1.165, 1.54) is 0 Å². The predicted octanol–water partition coefficient (Wildman–Crippen LogP) is 3.82. The zero-order valence-electron chi connectivity index (χ0n) is 14.7. The number of hydrogen-bond acceptors (Lipinski definition) is 4. The van der Waals surface area contributed by atoms with E-state index in [2.05, 4.69) is 22.1 Å². The summed E-state index contributed by atoms with van der Waals surface area (Å²) in [7, 11) is 0. The SMILES string of the molecule is CC(C)(C)OC(=O)N1CCC(CCc2ccc3cccnc3n2)C1. The maximum absolute atomic E-state index is 12.1. The van der Waals surface area contributed by atoms with Crippen molar-refractivity contribution in [1.29, 1.82) is 0 Å². The van der Waals surface area contributed by atoms with E-state index < -0.39 is 5.60 Å². The number of carbonyl (C=O) groups excluding carboxylic acids is 1. The summed E-state index contributed by atoms with van der Waals surface area (Å²) in [6.45, 7) is 7.26. The second-order valence-electron chi connectivity index (χ2n) is 7.47. The number of nitrogens with zero attached hydrogens (tertiary/aromatic N) is 3. The first-order chi connectivity index (χ1) is 11.4. The predicted molar refractivity (Wildman–Crippen MR) is 93.8 cm³/mol. The number of hydrogen-bond donors (Lipinski definition) is 0. The molecule has 0 aliphatic carbocycles. The maximum Gasteiger partial charge on any atom is 0.410 e. The molecule has 0 aromatic carbocycles. The van der Waals surface area contributed by atoms with E-state index >= 15 is 0 Å². The molecule has 3 heterocycles. The van der Waals surface area contributed by atoms with Gasteiger partial charge in [-0.05, 0) is 70.2 Å². The highest BCUT2D eigenvalue weighted by molar-refractivity contribution is 5.74. The third-order valence-corrected chi connectivity index (χ3v) is 4.27. The third-order valence-electron chi connectivity index (χ3n) is 4.27. The Bertz CT molecular complexity index is 724. The fourth-order valence-corrected chi connectivity index (χ4v) is 3.04. The molecule has 1 saturated heterocycles. The third kappa shape index (κ3) is 4.22. The van der Waals surface area contributed by atoms with Crippen LogP contribution in [0.5, 0.6) is 0 Å². The lowest BCUT2D eigenvalue weighted by Gasteiger charge is -2.24. The number of likely N-dealkylation sites (tertiary alicyclic amines) is 1. The van der Waals surface area contributed by atoms with Gasteiger partial charge in [0.15, 0.2) is 5.65 Å². The molecular weight excluding hydrogens is 302 g/mol. The molecular formula is C19H25N3O2. The average molecular weight is 327 g/mol. The lowest BCUT2D eigenvalue weighted by atomic mass is 10.0. The van der Waals surface area contributed by atoms with Gasteiger partial charge in [0.2, 0.25) is 0 Å². The fourth-order valence-electron chi connectivity index (χ4n) is 3.04. The van der Waals surface area contributed by atoms with Crippen molar-refractivity contribution in [3.63, 3.8) is 0 Å². The topological polar surface area (TPSA) is 55.3 Å². The Hall–Kier alpha value is -2.17. The molecule has 0 N–H and O–H groups in total. The zero-order chi connectivity index (χ0) is 17.2. The van der Waals surface area contributed by atoms with Gasteiger partial charge >= 0.3 is 6.09 Å². The molecule has 1 aliphatic heterocycles. The van der Waals surface area contributed by atoms with Crippen LogP contribution >= 0.6 is 0 Å². The maximum atomic E-state index is 12.1.